The molecule has 8 heteroatoms. The molecule has 34 heavy (non-hydrogen) atoms. The smallest absolute Gasteiger partial charge is 0.326 e. The molecule has 1 N–H and O–H groups in total. The maximum absolute atomic E-state index is 13.0. The molecule has 0 aliphatic carbocycles. The van der Waals surface area contributed by atoms with Crippen molar-refractivity contribution in [1.29, 1.82) is 0 Å². The third-order valence-corrected chi connectivity index (χ3v) is 6.92. The summed E-state index contributed by atoms with van der Waals surface area (Å²) in [5.74, 6) is -0.106. The number of aliphatic carboxylic acids is 1. The molecule has 188 valence electrons. The molecule has 1 aromatic rings. The predicted molar refractivity (Wildman–Crippen MR) is 142 cm³/mol. The van der Waals surface area contributed by atoms with Crippen molar-refractivity contribution in [3.05, 3.63) is 28.7 Å². The summed E-state index contributed by atoms with van der Waals surface area (Å²) >= 11 is 6.46. The second-order valence-electron chi connectivity index (χ2n) is 8.46. The molecule has 1 fully saturated rings. The van der Waals surface area contributed by atoms with Gasteiger partial charge in [0.1, 0.15) is 10.4 Å². The fraction of sp³-hybridized carbons (Fsp3) is 0.577. The SMILES string of the molecule is CCCCCCCC(C)Oc1ccc(C=C2SC(=S)N(C(CCC)C(=O)O)C2=O)cc1OCC. The van der Waals surface area contributed by atoms with Crippen molar-refractivity contribution in [2.75, 3.05) is 6.61 Å². The van der Waals surface area contributed by atoms with Crippen molar-refractivity contribution in [2.45, 2.75) is 91.2 Å². The summed E-state index contributed by atoms with van der Waals surface area (Å²) in [7, 11) is 0. The van der Waals surface area contributed by atoms with Gasteiger partial charge in [-0.15, -0.1) is 0 Å². The summed E-state index contributed by atoms with van der Waals surface area (Å²) in [6.45, 7) is 8.58. The Morgan fingerprint density at radius 3 is 2.50 bits per heavy atom. The van der Waals surface area contributed by atoms with Crippen LogP contribution in [0.5, 0.6) is 11.5 Å². The fourth-order valence-corrected chi connectivity index (χ4v) is 5.18. The number of unbranched alkanes of at least 4 members (excludes halogenated alkanes) is 4. The van der Waals surface area contributed by atoms with Crippen LogP contribution in [0, 0.1) is 0 Å². The van der Waals surface area contributed by atoms with Crippen LogP contribution in [-0.2, 0) is 9.59 Å². The highest BCUT2D eigenvalue weighted by Gasteiger charge is 2.40. The van der Waals surface area contributed by atoms with Crippen LogP contribution in [0.1, 0.15) is 84.6 Å². The Kier molecular flexibility index (Phi) is 11.9. The summed E-state index contributed by atoms with van der Waals surface area (Å²) in [4.78, 5) is 26.3. The van der Waals surface area contributed by atoms with Crippen LogP contribution in [0.4, 0.5) is 0 Å². The highest BCUT2D eigenvalue weighted by molar-refractivity contribution is 8.26. The van der Waals surface area contributed by atoms with E-state index in [1.165, 1.54) is 30.6 Å². The van der Waals surface area contributed by atoms with Crippen LogP contribution in [0.15, 0.2) is 23.1 Å². The van der Waals surface area contributed by atoms with Gasteiger partial charge < -0.3 is 14.6 Å². The monoisotopic (exact) mass is 507 g/mol. The topological polar surface area (TPSA) is 76.1 Å². The third kappa shape index (κ3) is 8.01. The molecule has 2 rings (SSSR count). The second-order valence-corrected chi connectivity index (χ2v) is 10.1. The number of thioether (sulfide) groups is 1. The first-order valence-electron chi connectivity index (χ1n) is 12.3. The first kappa shape index (κ1) is 28.2. The Bertz CT molecular complexity index is 886. The van der Waals surface area contributed by atoms with Gasteiger partial charge in [0, 0.05) is 0 Å². The number of carboxylic acid groups (broad SMARTS) is 1. The minimum absolute atomic E-state index is 0.0782. The lowest BCUT2D eigenvalue weighted by Gasteiger charge is -2.22. The molecule has 0 aromatic heterocycles. The average molecular weight is 508 g/mol. The Balaban J connectivity index is 2.14. The van der Waals surface area contributed by atoms with Crippen molar-refractivity contribution >= 4 is 46.3 Å². The molecule has 0 saturated carbocycles. The lowest BCUT2D eigenvalue weighted by atomic mass is 10.1. The maximum Gasteiger partial charge on any atom is 0.326 e. The predicted octanol–water partition coefficient (Wildman–Crippen LogP) is 6.67. The first-order valence-corrected chi connectivity index (χ1v) is 13.5. The van der Waals surface area contributed by atoms with E-state index in [2.05, 4.69) is 13.8 Å². The molecule has 1 heterocycles. The van der Waals surface area contributed by atoms with Gasteiger partial charge in [-0.3, -0.25) is 9.69 Å². The number of carbonyl (C=O) groups excluding carboxylic acids is 1. The molecule has 1 aliphatic rings. The number of hydrogen-bond donors (Lipinski definition) is 1. The van der Waals surface area contributed by atoms with Crippen LogP contribution in [0.3, 0.4) is 0 Å². The van der Waals surface area contributed by atoms with Gasteiger partial charge in [0.2, 0.25) is 0 Å². The summed E-state index contributed by atoms with van der Waals surface area (Å²) in [6.07, 6.45) is 9.93. The molecule has 6 nitrogen and oxygen atoms in total. The molecular weight excluding hydrogens is 470 g/mol. The second kappa shape index (κ2) is 14.4. The van der Waals surface area contributed by atoms with Gasteiger partial charge in [-0.25, -0.2) is 4.79 Å². The highest BCUT2D eigenvalue weighted by Crippen LogP contribution is 2.37. The zero-order valence-corrected chi connectivity index (χ0v) is 22.3. The van der Waals surface area contributed by atoms with Crippen molar-refractivity contribution < 1.29 is 24.2 Å². The largest absolute Gasteiger partial charge is 0.490 e. The van der Waals surface area contributed by atoms with E-state index in [1.807, 2.05) is 32.0 Å². The highest BCUT2D eigenvalue weighted by atomic mass is 32.2. The Morgan fingerprint density at radius 2 is 1.85 bits per heavy atom. The minimum atomic E-state index is -1.04. The lowest BCUT2D eigenvalue weighted by molar-refractivity contribution is -0.145. The molecule has 0 bridgehead atoms. The molecule has 1 aromatic carbocycles. The van der Waals surface area contributed by atoms with Crippen LogP contribution in [0.25, 0.3) is 6.08 Å². The minimum Gasteiger partial charge on any atom is -0.490 e. The zero-order valence-electron chi connectivity index (χ0n) is 20.7. The van der Waals surface area contributed by atoms with Gasteiger partial charge in [0.15, 0.2) is 11.5 Å². The normalized spacial score (nSPS) is 16.7. The van der Waals surface area contributed by atoms with Crippen molar-refractivity contribution in [1.82, 2.24) is 4.90 Å². The van der Waals surface area contributed by atoms with E-state index in [0.29, 0.717) is 35.9 Å². The number of hydrogen-bond acceptors (Lipinski definition) is 6. The molecule has 0 radical (unpaired) electrons. The average Bonchev–Trinajstić information content (AvgIpc) is 3.06. The van der Waals surface area contributed by atoms with E-state index in [1.54, 1.807) is 6.08 Å². The molecule has 0 spiro atoms. The maximum atomic E-state index is 13.0. The number of carboxylic acids is 1. The molecular formula is C26H37NO5S2. The summed E-state index contributed by atoms with van der Waals surface area (Å²) < 4.78 is 12.2. The van der Waals surface area contributed by atoms with Crippen molar-refractivity contribution in [3.8, 4) is 11.5 Å². The Labute approximate surface area is 213 Å². The quantitative estimate of drug-likeness (QED) is 0.161. The standard InChI is InChI=1S/C26H37NO5S2/c1-5-8-9-10-11-13-18(4)32-21-15-14-19(16-22(21)31-7-3)17-23-24(28)27(26(33)34-23)20(12-6-2)25(29)30/h14-18,20H,5-13H2,1-4H3,(H,29,30). The third-order valence-electron chi connectivity index (χ3n) is 5.59. The van der Waals surface area contributed by atoms with Gasteiger partial charge in [0.25, 0.3) is 5.91 Å². The number of benzene rings is 1. The van der Waals surface area contributed by atoms with Gasteiger partial charge in [-0.2, -0.15) is 0 Å². The number of ether oxygens (including phenoxy) is 2. The first-order chi connectivity index (χ1) is 16.3. The van der Waals surface area contributed by atoms with E-state index in [4.69, 9.17) is 21.7 Å². The molecule has 2 atom stereocenters. The summed E-state index contributed by atoms with van der Waals surface area (Å²) in [5.41, 5.74) is 0.769. The fourth-order valence-electron chi connectivity index (χ4n) is 3.83. The molecule has 1 aliphatic heterocycles. The zero-order chi connectivity index (χ0) is 25.1. The van der Waals surface area contributed by atoms with Crippen LogP contribution < -0.4 is 9.47 Å². The number of thiocarbonyl (C=S) groups is 1. The van der Waals surface area contributed by atoms with Gasteiger partial charge in [-0.05, 0) is 56.9 Å². The summed E-state index contributed by atoms with van der Waals surface area (Å²) in [6, 6.07) is 4.64. The Hall–Kier alpha value is -2.06. The van der Waals surface area contributed by atoms with Crippen molar-refractivity contribution in [2.24, 2.45) is 0 Å². The van der Waals surface area contributed by atoms with E-state index in [-0.39, 0.29) is 16.3 Å². The van der Waals surface area contributed by atoms with E-state index in [0.717, 1.165) is 30.2 Å². The number of rotatable bonds is 15. The van der Waals surface area contributed by atoms with Crippen molar-refractivity contribution in [3.63, 3.8) is 0 Å². The summed E-state index contributed by atoms with van der Waals surface area (Å²) in [5, 5.41) is 9.55. The van der Waals surface area contributed by atoms with Gasteiger partial charge in [-0.1, -0.05) is 76.0 Å². The van der Waals surface area contributed by atoms with E-state index in [9.17, 15) is 14.7 Å². The van der Waals surface area contributed by atoms with Gasteiger partial charge >= 0.3 is 5.97 Å². The van der Waals surface area contributed by atoms with E-state index < -0.39 is 12.0 Å². The lowest BCUT2D eigenvalue weighted by Crippen LogP contribution is -2.43. The molecule has 2 unspecified atom stereocenters. The Morgan fingerprint density at radius 1 is 1.12 bits per heavy atom. The van der Waals surface area contributed by atoms with E-state index >= 15 is 0 Å². The number of nitrogens with zero attached hydrogens (tertiary/aromatic N) is 1. The van der Waals surface area contributed by atoms with Gasteiger partial charge in [0.05, 0.1) is 17.6 Å². The van der Waals surface area contributed by atoms with Crippen LogP contribution in [0.2, 0.25) is 0 Å². The molecule has 1 saturated heterocycles. The molecule has 1 amide bonds. The van der Waals surface area contributed by atoms with Crippen LogP contribution >= 0.6 is 24.0 Å². The van der Waals surface area contributed by atoms with Crippen LogP contribution in [-0.4, -0.2) is 45.0 Å². The number of amides is 1. The number of carbonyl (C=O) groups is 2.